The van der Waals surface area contributed by atoms with Crippen LogP contribution in [0, 0.1) is 0 Å². The van der Waals surface area contributed by atoms with Crippen molar-refractivity contribution in [1.82, 2.24) is 0 Å². The molecule has 3 aliphatic rings. The molecule has 0 aliphatic heterocycles. The Hall–Kier alpha value is -0.780. The normalized spacial score (nSPS) is 18.5. The van der Waals surface area contributed by atoms with E-state index in [4.69, 9.17) is 0 Å². The summed E-state index contributed by atoms with van der Waals surface area (Å²) >= 11 is 0. The Bertz CT molecular complexity index is 214. The second-order valence-corrected chi connectivity index (χ2v) is 7.52. The Morgan fingerprint density at radius 3 is 0.346 bits per heavy atom. The molecular weight excluding hydrogens is 312 g/mol. The average molecular weight is 363 g/mol. The fourth-order valence-electron chi connectivity index (χ4n) is 3.57. The van der Waals surface area contributed by atoms with Crippen molar-refractivity contribution in [1.29, 1.82) is 0 Å². The third kappa shape index (κ3) is 21.3. The summed E-state index contributed by atoms with van der Waals surface area (Å²) in [6.45, 7) is 0. The maximum absolute atomic E-state index is 2.00. The predicted octanol–water partition coefficient (Wildman–Crippen LogP) is 9.98. The smallest absolute Gasteiger partial charge is 0.0533 e. The van der Waals surface area contributed by atoms with Crippen LogP contribution in [0.25, 0.3) is 0 Å². The highest BCUT2D eigenvalue weighted by Gasteiger charge is 1.96. The van der Waals surface area contributed by atoms with Crippen molar-refractivity contribution in [2.45, 2.75) is 130 Å². The molecule has 0 amide bonds. The van der Waals surface area contributed by atoms with Crippen molar-refractivity contribution in [2.75, 3.05) is 0 Å². The second-order valence-electron chi connectivity index (χ2n) is 7.52. The van der Waals surface area contributed by atoms with E-state index >= 15 is 0 Å². The molecule has 26 heavy (non-hydrogen) atoms. The van der Waals surface area contributed by atoms with Crippen molar-refractivity contribution < 1.29 is 0 Å². The van der Waals surface area contributed by atoms with Gasteiger partial charge in [-0.05, 0) is 0 Å². The van der Waals surface area contributed by atoms with Gasteiger partial charge >= 0.3 is 0 Å². The zero-order valence-electron chi connectivity index (χ0n) is 16.2. The van der Waals surface area contributed by atoms with Crippen LogP contribution in [0.2, 0.25) is 0 Å². The van der Waals surface area contributed by atoms with Crippen LogP contribution in [0.3, 0.4) is 0 Å². The van der Waals surface area contributed by atoms with E-state index in [1.54, 1.807) is 0 Å². The highest BCUT2D eigenvalue weighted by atomic mass is 14.0. The first-order valence-corrected chi connectivity index (χ1v) is 11.0. The van der Waals surface area contributed by atoms with Crippen molar-refractivity contribution in [3.8, 4) is 0 Å². The largest absolute Gasteiger partial charge is 0.0776 e. The summed E-state index contributed by atoms with van der Waals surface area (Å²) in [7, 11) is 0. The van der Waals surface area contributed by atoms with E-state index in [2.05, 4.69) is 0 Å². The van der Waals surface area contributed by atoms with Gasteiger partial charge in [-0.3, -0.25) is 0 Å². The Kier molecular flexibility index (Phi) is 25.6. The molecule has 0 radical (unpaired) electrons. The van der Waals surface area contributed by atoms with Gasteiger partial charge in [0.1, 0.15) is 0 Å². The van der Waals surface area contributed by atoms with Crippen LogP contribution in [-0.4, -0.2) is 0 Å². The molecule has 0 saturated heterocycles. The molecule has 154 valence electrons. The fourth-order valence-corrected chi connectivity index (χ4v) is 3.57. The lowest BCUT2D eigenvalue weighted by Crippen LogP contribution is -1.85. The SMILES string of the molecule is C.C.C1CCCCC1.C1CCCCC1.C1CCCCC1.c1ccccc1. The summed E-state index contributed by atoms with van der Waals surface area (Å²) in [5.41, 5.74) is 0. The molecule has 0 N–H and O–H groups in total. The lowest BCUT2D eigenvalue weighted by atomic mass is 10.0. The van der Waals surface area contributed by atoms with Crippen LogP contribution in [0.4, 0.5) is 0 Å². The molecule has 4 rings (SSSR count). The highest BCUT2D eigenvalue weighted by molar-refractivity contribution is 4.99. The molecule has 0 unspecified atom stereocenters. The summed E-state index contributed by atoms with van der Waals surface area (Å²) in [4.78, 5) is 0. The van der Waals surface area contributed by atoms with E-state index in [0.717, 1.165) is 0 Å². The van der Waals surface area contributed by atoms with Gasteiger partial charge in [0, 0.05) is 0 Å². The van der Waals surface area contributed by atoms with Crippen molar-refractivity contribution in [2.24, 2.45) is 0 Å². The standard InChI is InChI=1S/3C6H12.C6H6.2CH4/c4*1-2-4-6-5-3-1;;/h3*1-6H2;1-6H;2*1H4. The highest BCUT2D eigenvalue weighted by Crippen LogP contribution is 2.16. The van der Waals surface area contributed by atoms with E-state index in [1.807, 2.05) is 36.4 Å². The van der Waals surface area contributed by atoms with Crippen LogP contribution in [0.5, 0.6) is 0 Å². The topological polar surface area (TPSA) is 0 Å². The van der Waals surface area contributed by atoms with Gasteiger partial charge in [-0.1, -0.05) is 167 Å². The monoisotopic (exact) mass is 362 g/mol. The summed E-state index contributed by atoms with van der Waals surface area (Å²) in [6.07, 6.45) is 27.0. The van der Waals surface area contributed by atoms with Crippen molar-refractivity contribution in [3.05, 3.63) is 36.4 Å². The van der Waals surface area contributed by atoms with Gasteiger partial charge in [0.25, 0.3) is 0 Å². The lowest BCUT2D eigenvalue weighted by molar-refractivity contribution is 0.504. The van der Waals surface area contributed by atoms with E-state index in [-0.39, 0.29) is 14.9 Å². The van der Waals surface area contributed by atoms with E-state index in [9.17, 15) is 0 Å². The van der Waals surface area contributed by atoms with Crippen molar-refractivity contribution >= 4 is 0 Å². The van der Waals surface area contributed by atoms with E-state index < -0.39 is 0 Å². The maximum Gasteiger partial charge on any atom is -0.0533 e. The molecule has 3 fully saturated rings. The first-order chi connectivity index (χ1) is 12.0. The van der Waals surface area contributed by atoms with Crippen LogP contribution >= 0.6 is 0 Å². The van der Waals surface area contributed by atoms with Gasteiger partial charge < -0.3 is 0 Å². The van der Waals surface area contributed by atoms with Gasteiger partial charge in [-0.15, -0.1) is 0 Å². The molecule has 0 heteroatoms. The van der Waals surface area contributed by atoms with E-state index in [0.29, 0.717) is 0 Å². The maximum atomic E-state index is 2.00. The molecule has 0 nitrogen and oxygen atoms in total. The van der Waals surface area contributed by atoms with E-state index in [1.165, 1.54) is 116 Å². The minimum Gasteiger partial charge on any atom is -0.0776 e. The predicted molar refractivity (Wildman–Crippen MR) is 123 cm³/mol. The molecule has 0 bridgehead atoms. The summed E-state index contributed by atoms with van der Waals surface area (Å²) in [6, 6.07) is 12.0. The number of hydrogen-bond donors (Lipinski definition) is 0. The second kappa shape index (κ2) is 24.2. The number of benzene rings is 1. The molecule has 0 spiro atoms. The zero-order valence-corrected chi connectivity index (χ0v) is 16.2. The van der Waals surface area contributed by atoms with Gasteiger partial charge in [0.15, 0.2) is 0 Å². The first kappa shape index (κ1) is 27.4. The average Bonchev–Trinajstić information content (AvgIpc) is 2.75. The Balaban J connectivity index is 0. The number of hydrogen-bond acceptors (Lipinski definition) is 0. The summed E-state index contributed by atoms with van der Waals surface area (Å²) in [5.74, 6) is 0. The zero-order chi connectivity index (χ0) is 17.0. The van der Waals surface area contributed by atoms with Crippen molar-refractivity contribution in [3.63, 3.8) is 0 Å². The van der Waals surface area contributed by atoms with Gasteiger partial charge in [0.05, 0.1) is 0 Å². The lowest BCUT2D eigenvalue weighted by Gasteiger charge is -2.05. The third-order valence-corrected chi connectivity index (χ3v) is 5.17. The Labute approximate surface area is 167 Å². The van der Waals surface area contributed by atoms with Gasteiger partial charge in [-0.25, -0.2) is 0 Å². The van der Waals surface area contributed by atoms with Gasteiger partial charge in [-0.2, -0.15) is 0 Å². The minimum atomic E-state index is 0. The molecule has 0 heterocycles. The quantitative estimate of drug-likeness (QED) is 0.430. The Morgan fingerprint density at radius 2 is 0.269 bits per heavy atom. The van der Waals surface area contributed by atoms with Gasteiger partial charge in [0.2, 0.25) is 0 Å². The summed E-state index contributed by atoms with van der Waals surface area (Å²) in [5, 5.41) is 0. The first-order valence-electron chi connectivity index (χ1n) is 11.0. The molecular formula is C26H50. The molecule has 3 saturated carbocycles. The molecule has 1 aromatic rings. The molecule has 0 aromatic heterocycles. The minimum absolute atomic E-state index is 0. The van der Waals surface area contributed by atoms with Crippen LogP contribution in [0.1, 0.15) is 130 Å². The Morgan fingerprint density at radius 1 is 0.192 bits per heavy atom. The van der Waals surface area contributed by atoms with Crippen LogP contribution < -0.4 is 0 Å². The van der Waals surface area contributed by atoms with Crippen LogP contribution in [-0.2, 0) is 0 Å². The summed E-state index contributed by atoms with van der Waals surface area (Å²) < 4.78 is 0. The number of rotatable bonds is 0. The molecule has 3 aliphatic carbocycles. The van der Waals surface area contributed by atoms with Crippen LogP contribution in [0.15, 0.2) is 36.4 Å². The molecule has 1 aromatic carbocycles. The molecule has 0 atom stereocenters. The third-order valence-electron chi connectivity index (χ3n) is 5.17. The fraction of sp³-hybridized carbons (Fsp3) is 0.769.